The molecule has 0 heterocycles. The maximum atomic E-state index is 9.14. The number of hydrogen-bond donors (Lipinski definition) is 1. The molecular weight excluding hydrogens is 272 g/mol. The van der Waals surface area contributed by atoms with E-state index in [9.17, 15) is 0 Å². The maximum Gasteiger partial charge on any atom is 0.147 e. The quantitative estimate of drug-likeness (QED) is 0.531. The molecule has 1 N–H and O–H groups in total. The molecule has 0 amide bonds. The zero-order chi connectivity index (χ0) is 15.7. The molecular formula is C16H26O5. The van der Waals surface area contributed by atoms with Crippen molar-refractivity contribution < 1.29 is 24.1 Å². The number of benzene rings is 1. The summed E-state index contributed by atoms with van der Waals surface area (Å²) in [7, 11) is 3.23. The fourth-order valence-corrected chi connectivity index (χ4v) is 2.06. The zero-order valence-corrected chi connectivity index (χ0v) is 13.3. The molecule has 0 aliphatic rings. The standard InChI is InChI=1S/C16H26O5/c1-5-15(12(2)9-17)21-11-20-10-13-6-7-14(18-3)8-16(13)19-4/h6-8,12,15,17H,5,9-11H2,1-4H3/t12-,15-/m1/s1. The molecule has 1 aromatic rings. The Bertz CT molecular complexity index is 408. The van der Waals surface area contributed by atoms with Crippen molar-refractivity contribution in [2.75, 3.05) is 27.6 Å². The average Bonchev–Trinajstić information content (AvgIpc) is 2.54. The van der Waals surface area contributed by atoms with E-state index < -0.39 is 0 Å². The van der Waals surface area contributed by atoms with Crippen LogP contribution in [0.15, 0.2) is 18.2 Å². The van der Waals surface area contributed by atoms with Crippen LogP contribution in [0.5, 0.6) is 11.5 Å². The Morgan fingerprint density at radius 3 is 2.52 bits per heavy atom. The molecule has 0 aliphatic heterocycles. The summed E-state index contributed by atoms with van der Waals surface area (Å²) in [4.78, 5) is 0. The van der Waals surface area contributed by atoms with Gasteiger partial charge in [-0.05, 0) is 18.6 Å². The number of aliphatic hydroxyl groups is 1. The van der Waals surface area contributed by atoms with Gasteiger partial charge in [-0.3, -0.25) is 0 Å². The van der Waals surface area contributed by atoms with E-state index >= 15 is 0 Å². The predicted molar refractivity (Wildman–Crippen MR) is 80.6 cm³/mol. The van der Waals surface area contributed by atoms with Crippen molar-refractivity contribution in [2.45, 2.75) is 33.0 Å². The topological polar surface area (TPSA) is 57.2 Å². The summed E-state index contributed by atoms with van der Waals surface area (Å²) in [6, 6.07) is 5.60. The van der Waals surface area contributed by atoms with Crippen LogP contribution in [0.3, 0.4) is 0 Å². The summed E-state index contributed by atoms with van der Waals surface area (Å²) in [5.41, 5.74) is 0.935. The highest BCUT2D eigenvalue weighted by Crippen LogP contribution is 2.25. The van der Waals surface area contributed by atoms with Gasteiger partial charge in [0.1, 0.15) is 18.3 Å². The van der Waals surface area contributed by atoms with Crippen LogP contribution < -0.4 is 9.47 Å². The second kappa shape index (κ2) is 9.60. The van der Waals surface area contributed by atoms with Crippen molar-refractivity contribution in [3.63, 3.8) is 0 Å². The maximum absolute atomic E-state index is 9.14. The van der Waals surface area contributed by atoms with Gasteiger partial charge >= 0.3 is 0 Å². The van der Waals surface area contributed by atoms with E-state index in [4.69, 9.17) is 24.1 Å². The van der Waals surface area contributed by atoms with E-state index in [1.54, 1.807) is 14.2 Å². The van der Waals surface area contributed by atoms with Gasteiger partial charge in [0.05, 0.1) is 26.9 Å². The first-order valence-electron chi connectivity index (χ1n) is 7.17. The minimum Gasteiger partial charge on any atom is -0.497 e. The Hall–Kier alpha value is -1.30. The van der Waals surface area contributed by atoms with Gasteiger partial charge in [0, 0.05) is 24.2 Å². The Kier molecular flexibility index (Phi) is 8.12. The van der Waals surface area contributed by atoms with Crippen molar-refractivity contribution in [1.29, 1.82) is 0 Å². The number of hydrogen-bond acceptors (Lipinski definition) is 5. The molecule has 0 bridgehead atoms. The molecule has 0 unspecified atom stereocenters. The van der Waals surface area contributed by atoms with E-state index in [0.717, 1.165) is 23.5 Å². The fourth-order valence-electron chi connectivity index (χ4n) is 2.06. The third-order valence-corrected chi connectivity index (χ3v) is 3.44. The van der Waals surface area contributed by atoms with E-state index in [0.29, 0.717) is 6.61 Å². The average molecular weight is 298 g/mol. The van der Waals surface area contributed by atoms with E-state index in [-0.39, 0.29) is 25.4 Å². The molecule has 0 fully saturated rings. The van der Waals surface area contributed by atoms with Gasteiger partial charge < -0.3 is 24.1 Å². The summed E-state index contributed by atoms with van der Waals surface area (Å²) in [5, 5.41) is 9.14. The molecule has 1 rings (SSSR count). The van der Waals surface area contributed by atoms with Crippen LogP contribution in [0, 0.1) is 5.92 Å². The normalized spacial score (nSPS) is 13.8. The second-order valence-electron chi connectivity index (χ2n) is 4.92. The number of rotatable bonds is 10. The minimum atomic E-state index is 0.00719. The third kappa shape index (κ3) is 5.53. The van der Waals surface area contributed by atoms with Gasteiger partial charge in [0.25, 0.3) is 0 Å². The van der Waals surface area contributed by atoms with Crippen LogP contribution in [0.25, 0.3) is 0 Å². The van der Waals surface area contributed by atoms with Crippen LogP contribution in [0.4, 0.5) is 0 Å². The Morgan fingerprint density at radius 1 is 1.19 bits per heavy atom. The Balaban J connectivity index is 2.45. The summed E-state index contributed by atoms with van der Waals surface area (Å²) in [6.45, 7) is 4.70. The first kappa shape index (κ1) is 17.8. The van der Waals surface area contributed by atoms with Crippen LogP contribution >= 0.6 is 0 Å². The minimum absolute atomic E-state index is 0.00719. The lowest BCUT2D eigenvalue weighted by molar-refractivity contribution is -0.116. The third-order valence-electron chi connectivity index (χ3n) is 3.44. The molecule has 21 heavy (non-hydrogen) atoms. The molecule has 120 valence electrons. The van der Waals surface area contributed by atoms with Crippen LogP contribution in [0.1, 0.15) is 25.8 Å². The SMILES string of the molecule is CC[C@@H](OCOCc1ccc(OC)cc1OC)[C@H](C)CO. The van der Waals surface area contributed by atoms with Crippen molar-refractivity contribution in [3.8, 4) is 11.5 Å². The predicted octanol–water partition coefficient (Wildman–Crippen LogP) is 2.60. The van der Waals surface area contributed by atoms with E-state index in [1.165, 1.54) is 0 Å². The van der Waals surface area contributed by atoms with Gasteiger partial charge in [0.15, 0.2) is 0 Å². The molecule has 5 nitrogen and oxygen atoms in total. The first-order chi connectivity index (χ1) is 10.2. The van der Waals surface area contributed by atoms with Crippen molar-refractivity contribution in [1.82, 2.24) is 0 Å². The summed E-state index contributed by atoms with van der Waals surface area (Å²) in [5.74, 6) is 1.58. The summed E-state index contributed by atoms with van der Waals surface area (Å²) >= 11 is 0. The largest absolute Gasteiger partial charge is 0.497 e. The second-order valence-corrected chi connectivity index (χ2v) is 4.92. The molecule has 0 saturated carbocycles. The highest BCUT2D eigenvalue weighted by molar-refractivity contribution is 5.40. The number of aliphatic hydroxyl groups excluding tert-OH is 1. The molecule has 0 saturated heterocycles. The molecule has 1 aromatic carbocycles. The lowest BCUT2D eigenvalue weighted by Crippen LogP contribution is -2.25. The Labute approximate surface area is 126 Å². The lowest BCUT2D eigenvalue weighted by Gasteiger charge is -2.21. The first-order valence-corrected chi connectivity index (χ1v) is 7.17. The molecule has 0 radical (unpaired) electrons. The zero-order valence-electron chi connectivity index (χ0n) is 13.3. The fraction of sp³-hybridized carbons (Fsp3) is 0.625. The highest BCUT2D eigenvalue weighted by Gasteiger charge is 2.15. The van der Waals surface area contributed by atoms with Crippen LogP contribution in [0.2, 0.25) is 0 Å². The highest BCUT2D eigenvalue weighted by atomic mass is 16.7. The van der Waals surface area contributed by atoms with Crippen molar-refractivity contribution in [3.05, 3.63) is 23.8 Å². The number of methoxy groups -OCH3 is 2. The molecule has 2 atom stereocenters. The van der Waals surface area contributed by atoms with Gasteiger partial charge in [0.2, 0.25) is 0 Å². The van der Waals surface area contributed by atoms with Crippen LogP contribution in [-0.2, 0) is 16.1 Å². The smallest absolute Gasteiger partial charge is 0.147 e. The van der Waals surface area contributed by atoms with E-state index in [2.05, 4.69) is 0 Å². The van der Waals surface area contributed by atoms with Gasteiger partial charge in [-0.15, -0.1) is 0 Å². The monoisotopic (exact) mass is 298 g/mol. The number of ether oxygens (including phenoxy) is 4. The van der Waals surface area contributed by atoms with Crippen molar-refractivity contribution in [2.24, 2.45) is 5.92 Å². The van der Waals surface area contributed by atoms with E-state index in [1.807, 2.05) is 32.0 Å². The van der Waals surface area contributed by atoms with Crippen LogP contribution in [-0.4, -0.2) is 38.8 Å². The molecule has 5 heteroatoms. The molecule has 0 aromatic heterocycles. The van der Waals surface area contributed by atoms with Gasteiger partial charge in [-0.2, -0.15) is 0 Å². The summed E-state index contributed by atoms with van der Waals surface area (Å²) in [6.07, 6.45) is 0.851. The van der Waals surface area contributed by atoms with Gasteiger partial charge in [-0.1, -0.05) is 13.8 Å². The van der Waals surface area contributed by atoms with Crippen molar-refractivity contribution >= 4 is 0 Å². The Morgan fingerprint density at radius 2 is 1.95 bits per heavy atom. The lowest BCUT2D eigenvalue weighted by atomic mass is 10.0. The molecule has 0 spiro atoms. The summed E-state index contributed by atoms with van der Waals surface area (Å²) < 4.78 is 21.6. The molecule has 0 aliphatic carbocycles. The van der Waals surface area contributed by atoms with Gasteiger partial charge in [-0.25, -0.2) is 0 Å².